The molecule has 0 amide bonds. The van der Waals surface area contributed by atoms with Gasteiger partial charge in [0.25, 0.3) is 5.56 Å². The average Bonchev–Trinajstić information content (AvgIpc) is 2.94. The van der Waals surface area contributed by atoms with Crippen molar-refractivity contribution in [1.29, 1.82) is 0 Å². The number of pyridine rings is 2. The monoisotopic (exact) mass is 369 g/mol. The Labute approximate surface area is 155 Å². The van der Waals surface area contributed by atoms with E-state index in [9.17, 15) is 13.6 Å². The summed E-state index contributed by atoms with van der Waals surface area (Å²) < 4.78 is 28.9. The lowest BCUT2D eigenvalue weighted by Gasteiger charge is -2.21. The summed E-state index contributed by atoms with van der Waals surface area (Å²) in [4.78, 5) is 16.9. The zero-order valence-electron chi connectivity index (χ0n) is 14.9. The summed E-state index contributed by atoms with van der Waals surface area (Å²) in [6.45, 7) is 0. The lowest BCUT2D eigenvalue weighted by molar-refractivity contribution is 0.432. The van der Waals surface area contributed by atoms with Crippen LogP contribution in [0.15, 0.2) is 47.4 Å². The van der Waals surface area contributed by atoms with Gasteiger partial charge in [-0.3, -0.25) is 4.79 Å². The maximum atomic E-state index is 14.2. The first-order chi connectivity index (χ1) is 13.1. The summed E-state index contributed by atoms with van der Waals surface area (Å²) in [7, 11) is 0. The van der Waals surface area contributed by atoms with Crippen LogP contribution in [0.2, 0.25) is 0 Å². The summed E-state index contributed by atoms with van der Waals surface area (Å²) in [6, 6.07) is 8.97. The van der Waals surface area contributed by atoms with E-state index in [2.05, 4.69) is 10.3 Å². The first-order valence-electron chi connectivity index (χ1n) is 9.35. The number of nitrogens with zero attached hydrogens (tertiary/aromatic N) is 2. The van der Waals surface area contributed by atoms with E-state index in [0.717, 1.165) is 38.5 Å². The third kappa shape index (κ3) is 3.70. The van der Waals surface area contributed by atoms with Crippen molar-refractivity contribution in [2.24, 2.45) is 0 Å². The Morgan fingerprint density at radius 3 is 2.41 bits per heavy atom. The van der Waals surface area contributed by atoms with Crippen LogP contribution in [0.3, 0.4) is 0 Å². The van der Waals surface area contributed by atoms with Gasteiger partial charge in [0.1, 0.15) is 11.6 Å². The number of aromatic nitrogens is 2. The summed E-state index contributed by atoms with van der Waals surface area (Å²) in [5.74, 6) is -0.528. The number of benzene rings is 1. The highest BCUT2D eigenvalue weighted by molar-refractivity contribution is 5.81. The van der Waals surface area contributed by atoms with Crippen molar-refractivity contribution in [3.8, 4) is 0 Å². The first kappa shape index (κ1) is 17.6. The molecule has 0 spiro atoms. The van der Waals surface area contributed by atoms with Crippen molar-refractivity contribution in [2.75, 3.05) is 5.32 Å². The van der Waals surface area contributed by atoms with Crippen LogP contribution < -0.4 is 10.9 Å². The standard InChI is InChI=1S/C21H21F2N3O/c22-15-7-9-16(10-8-15)25-20-12-19-14(13-24-20)11-18(23)21(27)26(19)17-5-3-1-2-4-6-17/h7-13,17H,1-6H2,(H,24,25). The van der Waals surface area contributed by atoms with Crippen molar-refractivity contribution >= 4 is 22.4 Å². The molecule has 4 rings (SSSR count). The van der Waals surface area contributed by atoms with E-state index < -0.39 is 11.4 Å². The van der Waals surface area contributed by atoms with Gasteiger partial charge in [0, 0.05) is 29.4 Å². The van der Waals surface area contributed by atoms with Crippen LogP contribution >= 0.6 is 0 Å². The summed E-state index contributed by atoms with van der Waals surface area (Å²) in [5.41, 5.74) is 0.787. The fourth-order valence-corrected chi connectivity index (χ4v) is 3.83. The molecule has 0 saturated heterocycles. The van der Waals surface area contributed by atoms with Crippen molar-refractivity contribution in [3.63, 3.8) is 0 Å². The molecule has 6 heteroatoms. The number of fused-ring (bicyclic) bond motifs is 1. The normalized spacial score (nSPS) is 15.6. The smallest absolute Gasteiger partial charge is 0.287 e. The molecule has 0 radical (unpaired) electrons. The van der Waals surface area contributed by atoms with E-state index in [0.29, 0.717) is 22.4 Å². The number of hydrogen-bond acceptors (Lipinski definition) is 3. The van der Waals surface area contributed by atoms with E-state index in [1.54, 1.807) is 29.0 Å². The van der Waals surface area contributed by atoms with E-state index in [4.69, 9.17) is 0 Å². The second-order valence-corrected chi connectivity index (χ2v) is 7.07. The first-order valence-corrected chi connectivity index (χ1v) is 9.35. The zero-order chi connectivity index (χ0) is 18.8. The Kier molecular flexibility index (Phi) is 4.88. The Bertz CT molecular complexity index is 1010. The van der Waals surface area contributed by atoms with E-state index >= 15 is 0 Å². The topological polar surface area (TPSA) is 46.9 Å². The molecule has 0 atom stereocenters. The maximum Gasteiger partial charge on any atom is 0.287 e. The third-order valence-corrected chi connectivity index (χ3v) is 5.18. The van der Waals surface area contributed by atoms with Gasteiger partial charge in [-0.15, -0.1) is 0 Å². The van der Waals surface area contributed by atoms with Gasteiger partial charge in [0.05, 0.1) is 5.52 Å². The Balaban J connectivity index is 1.78. The second kappa shape index (κ2) is 7.47. The van der Waals surface area contributed by atoms with Crippen LogP contribution in [0, 0.1) is 11.6 Å². The predicted molar refractivity (Wildman–Crippen MR) is 102 cm³/mol. The van der Waals surface area contributed by atoms with Gasteiger partial charge in [-0.1, -0.05) is 25.7 Å². The van der Waals surface area contributed by atoms with E-state index in [-0.39, 0.29) is 11.9 Å². The molecule has 1 fully saturated rings. The molecule has 0 aliphatic heterocycles. The third-order valence-electron chi connectivity index (χ3n) is 5.18. The molecule has 0 unspecified atom stereocenters. The molecular weight excluding hydrogens is 348 g/mol. The highest BCUT2D eigenvalue weighted by atomic mass is 19.1. The van der Waals surface area contributed by atoms with Gasteiger partial charge in [-0.05, 0) is 43.2 Å². The Morgan fingerprint density at radius 2 is 1.70 bits per heavy atom. The molecule has 4 nitrogen and oxygen atoms in total. The van der Waals surface area contributed by atoms with E-state index in [1.807, 2.05) is 0 Å². The van der Waals surface area contributed by atoms with Gasteiger partial charge in [0.2, 0.25) is 0 Å². The number of halogens is 2. The van der Waals surface area contributed by atoms with Gasteiger partial charge in [-0.2, -0.15) is 0 Å². The molecule has 1 aliphatic carbocycles. The molecule has 2 heterocycles. The number of anilines is 2. The quantitative estimate of drug-likeness (QED) is 0.636. The molecule has 1 N–H and O–H groups in total. The largest absolute Gasteiger partial charge is 0.340 e. The van der Waals surface area contributed by atoms with Gasteiger partial charge in [0.15, 0.2) is 5.82 Å². The molecule has 3 aromatic rings. The Hall–Kier alpha value is -2.76. The lowest BCUT2D eigenvalue weighted by atomic mass is 10.1. The summed E-state index contributed by atoms with van der Waals surface area (Å²) in [5, 5.41) is 3.71. The SMILES string of the molecule is O=c1c(F)cc2cnc(Nc3ccc(F)cc3)cc2n1C1CCCCCC1. The van der Waals surface area contributed by atoms with Crippen LogP contribution in [0.5, 0.6) is 0 Å². The minimum absolute atomic E-state index is 0.000675. The van der Waals surface area contributed by atoms with Crippen LogP contribution in [0.4, 0.5) is 20.3 Å². The molecule has 1 aromatic carbocycles. The minimum atomic E-state index is -0.743. The van der Waals surface area contributed by atoms with Crippen molar-refractivity contribution in [3.05, 3.63) is 64.6 Å². The highest BCUT2D eigenvalue weighted by Crippen LogP contribution is 2.30. The van der Waals surface area contributed by atoms with Gasteiger partial charge < -0.3 is 9.88 Å². The Morgan fingerprint density at radius 1 is 1.00 bits per heavy atom. The number of rotatable bonds is 3. The number of hydrogen-bond donors (Lipinski definition) is 1. The number of nitrogens with one attached hydrogen (secondary N) is 1. The molecule has 1 aliphatic rings. The molecule has 27 heavy (non-hydrogen) atoms. The minimum Gasteiger partial charge on any atom is -0.340 e. The van der Waals surface area contributed by atoms with Crippen LogP contribution in [0.1, 0.15) is 44.6 Å². The maximum absolute atomic E-state index is 14.2. The summed E-state index contributed by atoms with van der Waals surface area (Å²) in [6.07, 6.45) is 7.70. The van der Waals surface area contributed by atoms with E-state index in [1.165, 1.54) is 18.2 Å². The van der Waals surface area contributed by atoms with Crippen molar-refractivity contribution in [2.45, 2.75) is 44.6 Å². The zero-order valence-corrected chi connectivity index (χ0v) is 14.9. The second-order valence-electron chi connectivity index (χ2n) is 7.07. The van der Waals surface area contributed by atoms with Gasteiger partial charge >= 0.3 is 0 Å². The average molecular weight is 369 g/mol. The van der Waals surface area contributed by atoms with Crippen LogP contribution in [-0.4, -0.2) is 9.55 Å². The lowest BCUT2D eigenvalue weighted by Crippen LogP contribution is -2.27. The molecular formula is C21H21F2N3O. The molecule has 0 bridgehead atoms. The molecule has 2 aromatic heterocycles. The van der Waals surface area contributed by atoms with Gasteiger partial charge in [-0.25, -0.2) is 13.8 Å². The fraction of sp³-hybridized carbons (Fsp3) is 0.333. The fourth-order valence-electron chi connectivity index (χ4n) is 3.83. The van der Waals surface area contributed by atoms with Crippen molar-refractivity contribution < 1.29 is 8.78 Å². The predicted octanol–water partition coefficient (Wildman–Crippen LogP) is 5.31. The van der Waals surface area contributed by atoms with Crippen LogP contribution in [-0.2, 0) is 0 Å². The molecule has 1 saturated carbocycles. The van der Waals surface area contributed by atoms with Crippen molar-refractivity contribution in [1.82, 2.24) is 9.55 Å². The molecule has 140 valence electrons. The highest BCUT2D eigenvalue weighted by Gasteiger charge is 2.20. The summed E-state index contributed by atoms with van der Waals surface area (Å²) >= 11 is 0. The van der Waals surface area contributed by atoms with Crippen LogP contribution in [0.25, 0.3) is 10.9 Å².